The third-order valence-electron chi connectivity index (χ3n) is 5.91. The maximum Gasteiger partial charge on any atom is 0.243 e. The second-order valence-electron chi connectivity index (χ2n) is 8.18. The minimum Gasteiger partial charge on any atom is -0.349 e. The molecule has 1 fully saturated rings. The molecule has 2 aromatic rings. The molecule has 162 valence electrons. The van der Waals surface area contributed by atoms with Crippen molar-refractivity contribution in [3.8, 4) is 0 Å². The normalized spacial score (nSPS) is 18.8. The third-order valence-corrected chi connectivity index (χ3v) is 8.05. The highest BCUT2D eigenvalue weighted by atomic mass is 35.5. The van der Waals surface area contributed by atoms with Crippen molar-refractivity contribution in [1.82, 2.24) is 9.62 Å². The molecule has 2 atom stereocenters. The van der Waals surface area contributed by atoms with E-state index in [1.54, 1.807) is 12.1 Å². The Labute approximate surface area is 184 Å². The molecule has 0 unspecified atom stereocenters. The Morgan fingerprint density at radius 1 is 1.10 bits per heavy atom. The molecule has 0 spiro atoms. The molecular weight excluding hydrogens is 420 g/mol. The average Bonchev–Trinajstić information content (AvgIpc) is 2.71. The van der Waals surface area contributed by atoms with E-state index in [0.717, 1.165) is 11.1 Å². The van der Waals surface area contributed by atoms with Gasteiger partial charge in [0.2, 0.25) is 15.9 Å². The first-order valence-electron chi connectivity index (χ1n) is 10.2. The number of sulfonamides is 1. The van der Waals surface area contributed by atoms with Crippen LogP contribution in [-0.4, -0.2) is 31.7 Å². The van der Waals surface area contributed by atoms with Crippen LogP contribution >= 0.6 is 11.6 Å². The molecule has 1 saturated heterocycles. The maximum absolute atomic E-state index is 13.0. The number of nitrogens with zero attached hydrogens (tertiary/aromatic N) is 1. The van der Waals surface area contributed by atoms with Gasteiger partial charge in [0, 0.05) is 18.1 Å². The Bertz CT molecular complexity index is 1040. The van der Waals surface area contributed by atoms with Gasteiger partial charge in [0.05, 0.1) is 16.9 Å². The maximum atomic E-state index is 13.0. The number of piperidine rings is 1. The lowest BCUT2D eigenvalue weighted by Gasteiger charge is -2.32. The van der Waals surface area contributed by atoms with E-state index in [-0.39, 0.29) is 29.3 Å². The Hall–Kier alpha value is -1.89. The largest absolute Gasteiger partial charge is 0.349 e. The lowest BCUT2D eigenvalue weighted by Crippen LogP contribution is -2.45. The van der Waals surface area contributed by atoms with Gasteiger partial charge in [-0.15, -0.1) is 0 Å². The van der Waals surface area contributed by atoms with E-state index in [4.69, 9.17) is 11.6 Å². The van der Waals surface area contributed by atoms with E-state index in [9.17, 15) is 13.2 Å². The summed E-state index contributed by atoms with van der Waals surface area (Å²) in [6.45, 7) is 8.77. The van der Waals surface area contributed by atoms with Crippen LogP contribution < -0.4 is 5.32 Å². The molecule has 0 aromatic heterocycles. The summed E-state index contributed by atoms with van der Waals surface area (Å²) in [5.74, 6) is -0.466. The van der Waals surface area contributed by atoms with Crippen LogP contribution in [0.2, 0.25) is 5.02 Å². The third kappa shape index (κ3) is 4.88. The van der Waals surface area contributed by atoms with Gasteiger partial charge in [0.15, 0.2) is 0 Å². The van der Waals surface area contributed by atoms with Crippen molar-refractivity contribution in [3.05, 3.63) is 63.7 Å². The lowest BCUT2D eigenvalue weighted by atomic mass is 9.95. The van der Waals surface area contributed by atoms with Crippen LogP contribution in [0.25, 0.3) is 0 Å². The molecule has 0 radical (unpaired) electrons. The molecule has 1 aliphatic rings. The van der Waals surface area contributed by atoms with Gasteiger partial charge in [-0.05, 0) is 87.1 Å². The van der Waals surface area contributed by atoms with Gasteiger partial charge in [-0.1, -0.05) is 23.7 Å². The van der Waals surface area contributed by atoms with Gasteiger partial charge in [0.1, 0.15) is 0 Å². The Morgan fingerprint density at radius 2 is 1.73 bits per heavy atom. The molecule has 1 aliphatic heterocycles. The van der Waals surface area contributed by atoms with Gasteiger partial charge >= 0.3 is 0 Å². The minimum absolute atomic E-state index is 0.101. The number of rotatable bonds is 5. The smallest absolute Gasteiger partial charge is 0.243 e. The number of carbonyl (C=O) groups is 1. The zero-order valence-corrected chi connectivity index (χ0v) is 19.5. The van der Waals surface area contributed by atoms with Crippen molar-refractivity contribution in [2.45, 2.75) is 51.5 Å². The first-order chi connectivity index (χ1) is 14.1. The topological polar surface area (TPSA) is 66.5 Å². The van der Waals surface area contributed by atoms with Crippen LogP contribution in [0.5, 0.6) is 0 Å². The highest BCUT2D eigenvalue weighted by Gasteiger charge is 2.33. The predicted molar refractivity (Wildman–Crippen MR) is 120 cm³/mol. The van der Waals surface area contributed by atoms with Gasteiger partial charge in [-0.3, -0.25) is 4.79 Å². The number of benzene rings is 2. The summed E-state index contributed by atoms with van der Waals surface area (Å²) in [5.41, 5.74) is 4.65. The van der Waals surface area contributed by atoms with Crippen molar-refractivity contribution in [2.24, 2.45) is 5.92 Å². The minimum atomic E-state index is -3.65. The molecular formula is C23H29ClN2O3S. The second-order valence-corrected chi connectivity index (χ2v) is 10.6. The number of hydrogen-bond acceptors (Lipinski definition) is 3. The molecule has 5 nitrogen and oxygen atoms in total. The summed E-state index contributed by atoms with van der Waals surface area (Å²) in [4.78, 5) is 13.1. The van der Waals surface area contributed by atoms with E-state index in [2.05, 4.69) is 31.3 Å². The van der Waals surface area contributed by atoms with E-state index in [0.29, 0.717) is 24.4 Å². The fraction of sp³-hybridized carbons (Fsp3) is 0.435. The summed E-state index contributed by atoms with van der Waals surface area (Å²) < 4.78 is 27.4. The van der Waals surface area contributed by atoms with E-state index >= 15 is 0 Å². The lowest BCUT2D eigenvalue weighted by molar-refractivity contribution is -0.126. The van der Waals surface area contributed by atoms with Crippen molar-refractivity contribution in [2.75, 3.05) is 13.1 Å². The summed E-state index contributed by atoms with van der Waals surface area (Å²) in [7, 11) is -3.65. The van der Waals surface area contributed by atoms with E-state index < -0.39 is 10.0 Å². The summed E-state index contributed by atoms with van der Waals surface area (Å²) >= 11 is 5.88. The molecule has 2 aromatic carbocycles. The van der Waals surface area contributed by atoms with Crippen molar-refractivity contribution in [1.29, 1.82) is 0 Å². The highest BCUT2D eigenvalue weighted by molar-refractivity contribution is 7.89. The fourth-order valence-corrected chi connectivity index (χ4v) is 5.64. The highest BCUT2D eigenvalue weighted by Crippen LogP contribution is 2.26. The van der Waals surface area contributed by atoms with Gasteiger partial charge in [0.25, 0.3) is 0 Å². The Balaban J connectivity index is 1.71. The van der Waals surface area contributed by atoms with Crippen LogP contribution in [0.15, 0.2) is 41.3 Å². The molecule has 7 heteroatoms. The SMILES string of the molecule is Cc1cc(C)c([C@H](C)NC(=O)[C@H]2CCCN(S(=O)(=O)c3ccc(Cl)cc3)C2)cc1C. The van der Waals surface area contributed by atoms with Crippen LogP contribution in [0.3, 0.4) is 0 Å². The first kappa shape index (κ1) is 22.8. The molecule has 0 saturated carbocycles. The number of aryl methyl sites for hydroxylation is 3. The number of nitrogens with one attached hydrogen (secondary N) is 1. The molecule has 3 rings (SSSR count). The monoisotopic (exact) mass is 448 g/mol. The summed E-state index contributed by atoms with van der Waals surface area (Å²) in [6.07, 6.45) is 1.33. The Kier molecular flexibility index (Phi) is 6.90. The van der Waals surface area contributed by atoms with Crippen LogP contribution in [0.1, 0.15) is 48.1 Å². The van der Waals surface area contributed by atoms with Crippen molar-refractivity contribution >= 4 is 27.5 Å². The van der Waals surface area contributed by atoms with Crippen molar-refractivity contribution < 1.29 is 13.2 Å². The Morgan fingerprint density at radius 3 is 2.40 bits per heavy atom. The van der Waals surface area contributed by atoms with Crippen molar-refractivity contribution in [3.63, 3.8) is 0 Å². The zero-order chi connectivity index (χ0) is 22.1. The van der Waals surface area contributed by atoms with Crippen LogP contribution in [0.4, 0.5) is 0 Å². The van der Waals surface area contributed by atoms with Gasteiger partial charge < -0.3 is 5.32 Å². The fourth-order valence-electron chi connectivity index (χ4n) is 3.99. The molecule has 0 bridgehead atoms. The number of halogens is 1. The molecule has 0 aliphatic carbocycles. The van der Waals surface area contributed by atoms with E-state index in [1.165, 1.54) is 27.6 Å². The average molecular weight is 449 g/mol. The van der Waals surface area contributed by atoms with E-state index in [1.807, 2.05) is 13.8 Å². The first-order valence-corrected chi connectivity index (χ1v) is 12.0. The number of amides is 1. The summed E-state index contributed by atoms with van der Waals surface area (Å²) in [5, 5.41) is 3.58. The van der Waals surface area contributed by atoms with Gasteiger partial charge in [-0.25, -0.2) is 8.42 Å². The van der Waals surface area contributed by atoms with Gasteiger partial charge in [-0.2, -0.15) is 4.31 Å². The molecule has 1 heterocycles. The second kappa shape index (κ2) is 9.08. The number of hydrogen-bond donors (Lipinski definition) is 1. The molecule has 1 amide bonds. The standard InChI is InChI=1S/C23H29ClN2O3S/c1-15-12-17(3)22(13-16(15)2)18(4)25-23(27)19-6-5-11-26(14-19)30(28,29)21-9-7-20(24)8-10-21/h7-10,12-13,18-19H,5-6,11,14H2,1-4H3,(H,25,27)/t18-,19-/m0/s1. The predicted octanol–water partition coefficient (Wildman–Crippen LogP) is 4.54. The zero-order valence-electron chi connectivity index (χ0n) is 17.9. The molecule has 30 heavy (non-hydrogen) atoms. The number of carbonyl (C=O) groups excluding carboxylic acids is 1. The quantitative estimate of drug-likeness (QED) is 0.729. The van der Waals surface area contributed by atoms with Crippen LogP contribution in [0, 0.1) is 26.7 Å². The molecule has 1 N–H and O–H groups in total. The summed E-state index contributed by atoms with van der Waals surface area (Å²) in [6, 6.07) is 10.3. The van der Waals surface area contributed by atoms with Crippen LogP contribution in [-0.2, 0) is 14.8 Å².